The summed E-state index contributed by atoms with van der Waals surface area (Å²) in [5.41, 5.74) is 2.15. The smallest absolute Gasteiger partial charge is 0.308 e. The lowest BCUT2D eigenvalue weighted by molar-refractivity contribution is -0.131. The molecule has 2 aromatic carbocycles. The average molecular weight is 297 g/mol. The lowest BCUT2D eigenvalue weighted by atomic mass is 10.0. The summed E-state index contributed by atoms with van der Waals surface area (Å²) >= 11 is 0. The molecular weight excluding hydrogens is 278 g/mol. The number of amides is 1. The molecule has 0 unspecified atom stereocenters. The minimum Gasteiger partial charge on any atom is -0.426 e. The van der Waals surface area contributed by atoms with Gasteiger partial charge in [0.25, 0.3) is 5.91 Å². The molecule has 0 aliphatic heterocycles. The quantitative estimate of drug-likeness (QED) is 0.686. The van der Waals surface area contributed by atoms with E-state index in [-0.39, 0.29) is 11.7 Å². The van der Waals surface area contributed by atoms with Crippen molar-refractivity contribution in [2.45, 2.75) is 26.7 Å². The first-order valence-corrected chi connectivity index (χ1v) is 7.16. The maximum absolute atomic E-state index is 12.5. The zero-order chi connectivity index (χ0) is 16.1. The van der Waals surface area contributed by atoms with Gasteiger partial charge in [0, 0.05) is 12.6 Å². The Kier molecular flexibility index (Phi) is 4.94. The topological polar surface area (TPSA) is 55.4 Å². The Morgan fingerprint density at radius 3 is 2.32 bits per heavy atom. The molecule has 1 amide bonds. The third-order valence-corrected chi connectivity index (χ3v) is 3.22. The highest BCUT2D eigenvalue weighted by Crippen LogP contribution is 2.25. The van der Waals surface area contributed by atoms with Crippen LogP contribution in [0, 0.1) is 0 Å². The van der Waals surface area contributed by atoms with Crippen molar-refractivity contribution in [2.75, 3.05) is 5.32 Å². The van der Waals surface area contributed by atoms with Crippen molar-refractivity contribution in [1.82, 2.24) is 0 Å². The summed E-state index contributed by atoms with van der Waals surface area (Å²) in [5.74, 6) is -0.206. The summed E-state index contributed by atoms with van der Waals surface area (Å²) < 4.78 is 5.08. The number of nitrogens with one attached hydrogen (secondary N) is 1. The maximum Gasteiger partial charge on any atom is 0.308 e. The van der Waals surface area contributed by atoms with Gasteiger partial charge >= 0.3 is 5.97 Å². The number of carbonyl (C=O) groups is 2. The standard InChI is InChI=1S/C18H19NO3/c1-12(2)14-8-4-6-10-16(14)19-18(21)15-9-5-7-11-17(15)22-13(3)20/h4-12H,1-3H3,(H,19,21). The largest absolute Gasteiger partial charge is 0.426 e. The van der Waals surface area contributed by atoms with Crippen LogP contribution in [0.1, 0.15) is 42.6 Å². The highest BCUT2D eigenvalue weighted by Gasteiger charge is 2.15. The van der Waals surface area contributed by atoms with Crippen LogP contribution < -0.4 is 10.1 Å². The Hall–Kier alpha value is -2.62. The highest BCUT2D eigenvalue weighted by atomic mass is 16.5. The minimum absolute atomic E-state index is 0.259. The van der Waals surface area contributed by atoms with Gasteiger partial charge in [0.2, 0.25) is 0 Å². The van der Waals surface area contributed by atoms with E-state index in [1.54, 1.807) is 24.3 Å². The van der Waals surface area contributed by atoms with Gasteiger partial charge in [0.05, 0.1) is 5.56 Å². The minimum atomic E-state index is -0.456. The molecule has 0 fully saturated rings. The van der Waals surface area contributed by atoms with Gasteiger partial charge in [-0.15, -0.1) is 0 Å². The van der Waals surface area contributed by atoms with Crippen LogP contribution in [0.15, 0.2) is 48.5 Å². The van der Waals surface area contributed by atoms with E-state index in [2.05, 4.69) is 19.2 Å². The van der Waals surface area contributed by atoms with Crippen LogP contribution in [0.2, 0.25) is 0 Å². The summed E-state index contributed by atoms with van der Waals surface area (Å²) in [6.45, 7) is 5.44. The number of ether oxygens (including phenoxy) is 1. The number of esters is 1. The molecule has 4 nitrogen and oxygen atoms in total. The number of hydrogen-bond acceptors (Lipinski definition) is 3. The lowest BCUT2D eigenvalue weighted by Crippen LogP contribution is -2.16. The Labute approximate surface area is 130 Å². The Bertz CT molecular complexity index is 692. The van der Waals surface area contributed by atoms with E-state index >= 15 is 0 Å². The second-order valence-corrected chi connectivity index (χ2v) is 5.29. The van der Waals surface area contributed by atoms with E-state index in [0.717, 1.165) is 11.3 Å². The Morgan fingerprint density at radius 1 is 1.00 bits per heavy atom. The molecule has 0 aliphatic rings. The molecule has 0 bridgehead atoms. The molecule has 0 atom stereocenters. The van der Waals surface area contributed by atoms with Gasteiger partial charge in [0.1, 0.15) is 5.75 Å². The first-order chi connectivity index (χ1) is 10.5. The van der Waals surface area contributed by atoms with Crippen LogP contribution in [-0.4, -0.2) is 11.9 Å². The third-order valence-electron chi connectivity index (χ3n) is 3.22. The number of para-hydroxylation sites is 2. The summed E-state index contributed by atoms with van der Waals surface area (Å²) in [4.78, 5) is 23.6. The van der Waals surface area contributed by atoms with Crippen LogP contribution in [0.25, 0.3) is 0 Å². The second-order valence-electron chi connectivity index (χ2n) is 5.29. The molecule has 0 saturated carbocycles. The normalized spacial score (nSPS) is 10.4. The van der Waals surface area contributed by atoms with Gasteiger partial charge in [-0.2, -0.15) is 0 Å². The second kappa shape index (κ2) is 6.89. The van der Waals surface area contributed by atoms with Crippen LogP contribution in [-0.2, 0) is 4.79 Å². The molecule has 114 valence electrons. The molecule has 22 heavy (non-hydrogen) atoms. The molecule has 0 heterocycles. The molecule has 1 N–H and O–H groups in total. The number of carbonyl (C=O) groups excluding carboxylic acids is 2. The zero-order valence-electron chi connectivity index (χ0n) is 12.9. The third kappa shape index (κ3) is 3.73. The highest BCUT2D eigenvalue weighted by molar-refractivity contribution is 6.06. The maximum atomic E-state index is 12.5. The Morgan fingerprint density at radius 2 is 1.64 bits per heavy atom. The van der Waals surface area contributed by atoms with Crippen molar-refractivity contribution in [2.24, 2.45) is 0 Å². The molecule has 0 aromatic heterocycles. The van der Waals surface area contributed by atoms with E-state index in [4.69, 9.17) is 4.74 Å². The van der Waals surface area contributed by atoms with Gasteiger partial charge in [-0.25, -0.2) is 0 Å². The predicted octanol–water partition coefficient (Wildman–Crippen LogP) is 3.99. The monoisotopic (exact) mass is 297 g/mol. The van der Waals surface area contributed by atoms with Crippen molar-refractivity contribution in [3.05, 3.63) is 59.7 Å². The number of anilines is 1. The lowest BCUT2D eigenvalue weighted by Gasteiger charge is -2.14. The van der Waals surface area contributed by atoms with E-state index in [9.17, 15) is 9.59 Å². The van der Waals surface area contributed by atoms with Gasteiger partial charge in [-0.3, -0.25) is 9.59 Å². The van der Waals surface area contributed by atoms with E-state index in [0.29, 0.717) is 11.5 Å². The van der Waals surface area contributed by atoms with Crippen molar-refractivity contribution >= 4 is 17.6 Å². The van der Waals surface area contributed by atoms with Gasteiger partial charge in [0.15, 0.2) is 0 Å². The van der Waals surface area contributed by atoms with Gasteiger partial charge < -0.3 is 10.1 Å². The van der Waals surface area contributed by atoms with Crippen LogP contribution in [0.5, 0.6) is 5.75 Å². The first kappa shape index (κ1) is 15.8. The van der Waals surface area contributed by atoms with Crippen LogP contribution in [0.3, 0.4) is 0 Å². The summed E-state index contributed by atoms with van der Waals surface area (Å²) in [6, 6.07) is 14.3. The molecule has 0 saturated heterocycles. The van der Waals surface area contributed by atoms with E-state index in [1.807, 2.05) is 24.3 Å². The average Bonchev–Trinajstić information content (AvgIpc) is 2.47. The Balaban J connectivity index is 2.29. The van der Waals surface area contributed by atoms with Gasteiger partial charge in [-0.05, 0) is 29.7 Å². The summed E-state index contributed by atoms with van der Waals surface area (Å²) in [6.07, 6.45) is 0. The van der Waals surface area contributed by atoms with Gasteiger partial charge in [-0.1, -0.05) is 44.2 Å². The summed E-state index contributed by atoms with van der Waals surface area (Å²) in [5, 5.41) is 2.89. The summed E-state index contributed by atoms with van der Waals surface area (Å²) in [7, 11) is 0. The fraction of sp³-hybridized carbons (Fsp3) is 0.222. The van der Waals surface area contributed by atoms with Crippen molar-refractivity contribution < 1.29 is 14.3 Å². The fourth-order valence-corrected chi connectivity index (χ4v) is 2.20. The molecular formula is C18H19NO3. The molecule has 0 radical (unpaired) electrons. The number of benzene rings is 2. The molecule has 0 aliphatic carbocycles. The van der Waals surface area contributed by atoms with Crippen molar-refractivity contribution in [1.29, 1.82) is 0 Å². The van der Waals surface area contributed by atoms with E-state index in [1.165, 1.54) is 6.92 Å². The molecule has 0 spiro atoms. The van der Waals surface area contributed by atoms with Crippen LogP contribution >= 0.6 is 0 Å². The molecule has 2 rings (SSSR count). The SMILES string of the molecule is CC(=O)Oc1ccccc1C(=O)Nc1ccccc1C(C)C. The zero-order valence-corrected chi connectivity index (χ0v) is 12.9. The first-order valence-electron chi connectivity index (χ1n) is 7.16. The fourth-order valence-electron chi connectivity index (χ4n) is 2.20. The number of hydrogen-bond donors (Lipinski definition) is 1. The number of rotatable bonds is 4. The predicted molar refractivity (Wildman–Crippen MR) is 86.2 cm³/mol. The van der Waals surface area contributed by atoms with Crippen molar-refractivity contribution in [3.8, 4) is 5.75 Å². The molecule has 2 aromatic rings. The van der Waals surface area contributed by atoms with Crippen molar-refractivity contribution in [3.63, 3.8) is 0 Å². The van der Waals surface area contributed by atoms with E-state index < -0.39 is 5.97 Å². The van der Waals surface area contributed by atoms with Crippen LogP contribution in [0.4, 0.5) is 5.69 Å². The molecule has 4 heteroatoms.